The van der Waals surface area contributed by atoms with Crippen LogP contribution < -0.4 is 0 Å². The van der Waals surface area contributed by atoms with Gasteiger partial charge >= 0.3 is 0 Å². The topological polar surface area (TPSA) is 20.2 Å². The highest BCUT2D eigenvalue weighted by Crippen LogP contribution is 2.16. The smallest absolute Gasteiger partial charge is 0.119 e. The van der Waals surface area contributed by atoms with Crippen LogP contribution >= 0.6 is 0 Å². The molecule has 0 spiro atoms. The summed E-state index contributed by atoms with van der Waals surface area (Å²) < 4.78 is 0. The summed E-state index contributed by atoms with van der Waals surface area (Å²) in [6.45, 7) is 3.68. The fraction of sp³-hybridized carbons (Fsp3) is 0.286. The molecule has 80 valence electrons. The Morgan fingerprint density at radius 3 is 2.67 bits per heavy atom. The van der Waals surface area contributed by atoms with Gasteiger partial charge in [-0.05, 0) is 37.3 Å². The van der Waals surface area contributed by atoms with Crippen LogP contribution in [-0.2, 0) is 6.42 Å². The number of phenols is 1. The first kappa shape index (κ1) is 11.6. The summed E-state index contributed by atoms with van der Waals surface area (Å²) in [5, 5.41) is 9.50. The van der Waals surface area contributed by atoms with Crippen molar-refractivity contribution < 1.29 is 5.11 Å². The molecule has 0 fully saturated rings. The molecule has 0 atom stereocenters. The second kappa shape index (κ2) is 6.88. The van der Waals surface area contributed by atoms with Gasteiger partial charge in [0.1, 0.15) is 5.75 Å². The van der Waals surface area contributed by atoms with Gasteiger partial charge in [0.05, 0.1) is 0 Å². The van der Waals surface area contributed by atoms with E-state index in [2.05, 4.69) is 18.7 Å². The number of unbranched alkanes of at least 4 members (excludes halogenated alkanes) is 2. The molecule has 0 saturated heterocycles. The molecule has 0 heterocycles. The monoisotopic (exact) mass is 202 g/mol. The maximum Gasteiger partial charge on any atom is 0.119 e. The van der Waals surface area contributed by atoms with E-state index in [4.69, 9.17) is 0 Å². The molecule has 1 heteroatoms. The molecule has 1 rings (SSSR count). The zero-order chi connectivity index (χ0) is 10.9. The Balaban J connectivity index is 2.30. The van der Waals surface area contributed by atoms with Crippen LogP contribution in [0.3, 0.4) is 0 Å². The van der Waals surface area contributed by atoms with Gasteiger partial charge in [0.2, 0.25) is 0 Å². The minimum Gasteiger partial charge on any atom is -0.508 e. The van der Waals surface area contributed by atoms with Crippen LogP contribution in [0.1, 0.15) is 24.8 Å². The molecule has 0 amide bonds. The van der Waals surface area contributed by atoms with Gasteiger partial charge in [-0.3, -0.25) is 0 Å². The van der Waals surface area contributed by atoms with Crippen LogP contribution in [0, 0.1) is 0 Å². The van der Waals surface area contributed by atoms with E-state index in [1.165, 1.54) is 0 Å². The van der Waals surface area contributed by atoms with Crippen molar-refractivity contribution in [3.8, 4) is 5.75 Å². The van der Waals surface area contributed by atoms with Crippen molar-refractivity contribution in [1.82, 2.24) is 0 Å². The predicted molar refractivity (Wildman–Crippen MR) is 65.0 cm³/mol. The highest BCUT2D eigenvalue weighted by Gasteiger charge is 1.95. The molecule has 1 aromatic rings. The molecule has 0 unspecified atom stereocenters. The second-order valence-electron chi connectivity index (χ2n) is 3.52. The average Bonchev–Trinajstić information content (AvgIpc) is 2.25. The number of benzene rings is 1. The summed E-state index contributed by atoms with van der Waals surface area (Å²) in [4.78, 5) is 0. The van der Waals surface area contributed by atoms with Gasteiger partial charge in [-0.25, -0.2) is 0 Å². The van der Waals surface area contributed by atoms with Gasteiger partial charge in [0.25, 0.3) is 0 Å². The Morgan fingerprint density at radius 2 is 1.93 bits per heavy atom. The Bertz CT molecular complexity index is 326. The Hall–Kier alpha value is -1.50. The van der Waals surface area contributed by atoms with Crippen LogP contribution in [0.5, 0.6) is 5.75 Å². The molecule has 0 bridgehead atoms. The van der Waals surface area contributed by atoms with Gasteiger partial charge in [-0.2, -0.15) is 0 Å². The van der Waals surface area contributed by atoms with Crippen LogP contribution in [-0.4, -0.2) is 5.11 Å². The van der Waals surface area contributed by atoms with Crippen LogP contribution in [0.25, 0.3) is 0 Å². The van der Waals surface area contributed by atoms with Crippen LogP contribution in [0.15, 0.2) is 49.1 Å². The number of hydrogen-bond acceptors (Lipinski definition) is 1. The normalized spacial score (nSPS) is 10.7. The Kier molecular flexibility index (Phi) is 5.31. The third kappa shape index (κ3) is 4.50. The lowest BCUT2D eigenvalue weighted by molar-refractivity contribution is 0.469. The number of allylic oxidation sites excluding steroid dienone is 3. The van der Waals surface area contributed by atoms with E-state index in [1.807, 2.05) is 24.3 Å². The summed E-state index contributed by atoms with van der Waals surface area (Å²) in [5.74, 6) is 0.383. The molecule has 1 N–H and O–H groups in total. The molecular weight excluding hydrogens is 184 g/mol. The lowest BCUT2D eigenvalue weighted by atomic mass is 10.1. The van der Waals surface area contributed by atoms with Gasteiger partial charge in [-0.1, -0.05) is 36.4 Å². The molecule has 0 saturated carbocycles. The van der Waals surface area contributed by atoms with Gasteiger partial charge in [-0.15, -0.1) is 6.58 Å². The van der Waals surface area contributed by atoms with Crippen molar-refractivity contribution in [3.63, 3.8) is 0 Å². The lowest BCUT2D eigenvalue weighted by Crippen LogP contribution is -1.81. The maximum absolute atomic E-state index is 9.50. The summed E-state index contributed by atoms with van der Waals surface area (Å²) in [6.07, 6.45) is 10.3. The van der Waals surface area contributed by atoms with E-state index in [0.717, 1.165) is 31.2 Å². The SMILES string of the molecule is C=CCCCC=CCc1ccccc1O. The zero-order valence-corrected chi connectivity index (χ0v) is 9.02. The number of para-hydroxylation sites is 1. The van der Waals surface area contributed by atoms with Gasteiger partial charge in [0, 0.05) is 0 Å². The highest BCUT2D eigenvalue weighted by atomic mass is 16.3. The molecule has 0 aromatic heterocycles. The van der Waals surface area contributed by atoms with E-state index in [1.54, 1.807) is 6.07 Å². The fourth-order valence-electron chi connectivity index (χ4n) is 1.39. The Labute approximate surface area is 91.8 Å². The van der Waals surface area contributed by atoms with Crippen molar-refractivity contribution in [2.45, 2.75) is 25.7 Å². The molecule has 0 aliphatic rings. The highest BCUT2D eigenvalue weighted by molar-refractivity contribution is 5.33. The average molecular weight is 202 g/mol. The molecule has 0 radical (unpaired) electrons. The van der Waals surface area contributed by atoms with E-state index in [-0.39, 0.29) is 0 Å². The fourth-order valence-corrected chi connectivity index (χ4v) is 1.39. The number of rotatable bonds is 6. The van der Waals surface area contributed by atoms with Crippen LogP contribution in [0.4, 0.5) is 0 Å². The predicted octanol–water partition coefficient (Wildman–Crippen LogP) is 3.85. The van der Waals surface area contributed by atoms with Crippen molar-refractivity contribution >= 4 is 0 Å². The van der Waals surface area contributed by atoms with Gasteiger partial charge < -0.3 is 5.11 Å². The summed E-state index contributed by atoms with van der Waals surface area (Å²) >= 11 is 0. The first-order chi connectivity index (χ1) is 7.34. The lowest BCUT2D eigenvalue weighted by Gasteiger charge is -1.99. The summed E-state index contributed by atoms with van der Waals surface area (Å²) in [7, 11) is 0. The minimum absolute atomic E-state index is 0.383. The van der Waals surface area contributed by atoms with Crippen molar-refractivity contribution in [1.29, 1.82) is 0 Å². The van der Waals surface area contributed by atoms with E-state index < -0.39 is 0 Å². The zero-order valence-electron chi connectivity index (χ0n) is 9.02. The van der Waals surface area contributed by atoms with E-state index >= 15 is 0 Å². The largest absolute Gasteiger partial charge is 0.508 e. The quantitative estimate of drug-likeness (QED) is 0.548. The van der Waals surface area contributed by atoms with Crippen molar-refractivity contribution in [2.75, 3.05) is 0 Å². The maximum atomic E-state index is 9.50. The van der Waals surface area contributed by atoms with E-state index in [0.29, 0.717) is 5.75 Å². The minimum atomic E-state index is 0.383. The first-order valence-electron chi connectivity index (χ1n) is 5.37. The molecule has 15 heavy (non-hydrogen) atoms. The Morgan fingerprint density at radius 1 is 1.13 bits per heavy atom. The molecule has 0 aliphatic heterocycles. The molecule has 1 aromatic carbocycles. The number of phenolic OH excluding ortho intramolecular Hbond substituents is 1. The van der Waals surface area contributed by atoms with Crippen molar-refractivity contribution in [2.24, 2.45) is 0 Å². The third-order valence-corrected chi connectivity index (χ3v) is 2.28. The molecular formula is C14H18O. The summed E-state index contributed by atoms with van der Waals surface area (Å²) in [6, 6.07) is 7.46. The standard InChI is InChI=1S/C14H18O/c1-2-3-4-5-6-7-10-13-11-8-9-12-14(13)15/h2,6-9,11-12,15H,1,3-5,10H2. The number of aromatic hydroxyl groups is 1. The second-order valence-corrected chi connectivity index (χ2v) is 3.52. The van der Waals surface area contributed by atoms with E-state index in [9.17, 15) is 5.11 Å². The van der Waals surface area contributed by atoms with Crippen LogP contribution in [0.2, 0.25) is 0 Å². The van der Waals surface area contributed by atoms with Crippen molar-refractivity contribution in [3.05, 3.63) is 54.6 Å². The first-order valence-corrected chi connectivity index (χ1v) is 5.37. The van der Waals surface area contributed by atoms with Gasteiger partial charge in [0.15, 0.2) is 0 Å². The molecule has 1 nitrogen and oxygen atoms in total. The summed E-state index contributed by atoms with van der Waals surface area (Å²) in [5.41, 5.74) is 0.984. The number of hydrogen-bond donors (Lipinski definition) is 1. The third-order valence-electron chi connectivity index (χ3n) is 2.28. The molecule has 0 aliphatic carbocycles.